The Morgan fingerprint density at radius 1 is 1.40 bits per heavy atom. The Hall–Kier alpha value is -2.19. The van der Waals surface area contributed by atoms with Gasteiger partial charge in [-0.3, -0.25) is 19.8 Å². The molecule has 134 valence electrons. The Balaban J connectivity index is 1.59. The number of likely N-dealkylation sites (N-methyl/N-ethyl adjacent to an activating group) is 1. The summed E-state index contributed by atoms with van der Waals surface area (Å²) in [6, 6.07) is 3.45. The number of urea groups is 1. The summed E-state index contributed by atoms with van der Waals surface area (Å²) in [5.74, 6) is -1.01. The third-order valence-electron chi connectivity index (χ3n) is 4.50. The molecular weight excluding hydrogens is 351 g/mol. The summed E-state index contributed by atoms with van der Waals surface area (Å²) in [6.45, 7) is 1.34. The summed E-state index contributed by atoms with van der Waals surface area (Å²) in [5, 5.41) is 2.54. The van der Waals surface area contributed by atoms with Crippen LogP contribution in [0.5, 0.6) is 0 Å². The number of nitrogens with one attached hydrogen (secondary N) is 1. The summed E-state index contributed by atoms with van der Waals surface area (Å²) in [6.07, 6.45) is 0. The molecule has 2 saturated heterocycles. The number of carbonyl (C=O) groups excluding carboxylic acids is 3. The summed E-state index contributed by atoms with van der Waals surface area (Å²) >= 11 is 5.99. The molecule has 2 heterocycles. The van der Waals surface area contributed by atoms with Crippen molar-refractivity contribution in [2.75, 3.05) is 33.2 Å². The van der Waals surface area contributed by atoms with E-state index in [4.69, 9.17) is 11.6 Å². The van der Waals surface area contributed by atoms with Crippen LogP contribution in [0.2, 0.25) is 5.02 Å². The van der Waals surface area contributed by atoms with Gasteiger partial charge in [0, 0.05) is 43.8 Å². The maximum atomic E-state index is 13.8. The van der Waals surface area contributed by atoms with Crippen LogP contribution in [-0.2, 0) is 16.1 Å². The molecular formula is C16H18ClFN4O3. The van der Waals surface area contributed by atoms with Gasteiger partial charge in [-0.2, -0.15) is 0 Å². The number of halogens is 2. The van der Waals surface area contributed by atoms with Crippen molar-refractivity contribution >= 4 is 29.4 Å². The van der Waals surface area contributed by atoms with Crippen LogP contribution < -0.4 is 5.32 Å². The molecule has 1 atom stereocenters. The van der Waals surface area contributed by atoms with Crippen molar-refractivity contribution in [3.8, 4) is 0 Å². The number of hydrogen-bond donors (Lipinski definition) is 1. The molecule has 2 aliphatic rings. The standard InChI is InChI=1S/C16H18ClFN4O3/c1-20(7-10-11(17)3-2-4-12(10)18)14(23)9-21-5-6-22-13(8-21)15(24)19-16(22)25/h2-4,13H,5-9H2,1H3,(H,19,24,25). The zero-order chi connectivity index (χ0) is 18.1. The molecule has 1 unspecified atom stereocenters. The van der Waals surface area contributed by atoms with Crippen LogP contribution in [0, 0.1) is 5.82 Å². The van der Waals surface area contributed by atoms with Crippen molar-refractivity contribution in [1.82, 2.24) is 20.0 Å². The molecule has 9 heteroatoms. The van der Waals surface area contributed by atoms with E-state index in [1.165, 1.54) is 21.9 Å². The lowest BCUT2D eigenvalue weighted by Crippen LogP contribution is -2.54. The molecule has 1 N–H and O–H groups in total. The Labute approximate surface area is 149 Å². The predicted molar refractivity (Wildman–Crippen MR) is 88.4 cm³/mol. The molecule has 1 aromatic carbocycles. The SMILES string of the molecule is CN(Cc1c(F)cccc1Cl)C(=O)CN1CCN2C(=O)NC(=O)C2C1. The molecule has 3 rings (SSSR count). The maximum absolute atomic E-state index is 13.8. The van der Waals surface area contributed by atoms with Crippen LogP contribution in [-0.4, -0.2) is 71.8 Å². The van der Waals surface area contributed by atoms with E-state index < -0.39 is 11.9 Å². The molecule has 0 spiro atoms. The van der Waals surface area contributed by atoms with E-state index in [0.29, 0.717) is 19.6 Å². The number of rotatable bonds is 4. The van der Waals surface area contributed by atoms with Crippen molar-refractivity contribution in [2.24, 2.45) is 0 Å². The molecule has 7 nitrogen and oxygen atoms in total. The molecule has 0 radical (unpaired) electrons. The molecule has 4 amide bonds. The van der Waals surface area contributed by atoms with E-state index in [-0.39, 0.29) is 41.5 Å². The number of fused-ring (bicyclic) bond motifs is 1. The van der Waals surface area contributed by atoms with Crippen LogP contribution in [0.4, 0.5) is 9.18 Å². The Morgan fingerprint density at radius 2 is 2.16 bits per heavy atom. The van der Waals surface area contributed by atoms with Crippen LogP contribution in [0.3, 0.4) is 0 Å². The van der Waals surface area contributed by atoms with E-state index in [9.17, 15) is 18.8 Å². The quantitative estimate of drug-likeness (QED) is 0.793. The van der Waals surface area contributed by atoms with Gasteiger partial charge in [0.15, 0.2) is 0 Å². The van der Waals surface area contributed by atoms with Crippen molar-refractivity contribution < 1.29 is 18.8 Å². The fourth-order valence-corrected chi connectivity index (χ4v) is 3.25. The highest BCUT2D eigenvalue weighted by Crippen LogP contribution is 2.21. The van der Waals surface area contributed by atoms with Gasteiger partial charge in [0.1, 0.15) is 11.9 Å². The lowest BCUT2D eigenvalue weighted by atomic mass is 10.1. The lowest BCUT2D eigenvalue weighted by Gasteiger charge is -2.35. The average Bonchev–Trinajstić information content (AvgIpc) is 2.85. The van der Waals surface area contributed by atoms with E-state index in [1.807, 2.05) is 4.90 Å². The number of carbonyl (C=O) groups is 3. The van der Waals surface area contributed by atoms with Crippen LogP contribution in [0.25, 0.3) is 0 Å². The van der Waals surface area contributed by atoms with Crippen LogP contribution in [0.1, 0.15) is 5.56 Å². The fraction of sp³-hybridized carbons (Fsp3) is 0.438. The number of hydrogen-bond acceptors (Lipinski definition) is 4. The molecule has 0 aromatic heterocycles. The predicted octanol–water partition coefficient (Wildman–Crippen LogP) is 0.673. The van der Waals surface area contributed by atoms with Gasteiger partial charge in [0.2, 0.25) is 5.91 Å². The van der Waals surface area contributed by atoms with Gasteiger partial charge >= 0.3 is 6.03 Å². The molecule has 0 aliphatic carbocycles. The number of nitrogens with zero attached hydrogens (tertiary/aromatic N) is 3. The average molecular weight is 369 g/mol. The Kier molecular flexibility index (Phi) is 4.91. The number of piperazine rings is 1. The van der Waals surface area contributed by atoms with Crippen LogP contribution >= 0.6 is 11.6 Å². The van der Waals surface area contributed by atoms with Crippen LogP contribution in [0.15, 0.2) is 18.2 Å². The van der Waals surface area contributed by atoms with Gasteiger partial charge in [-0.25, -0.2) is 9.18 Å². The van der Waals surface area contributed by atoms with E-state index >= 15 is 0 Å². The molecule has 25 heavy (non-hydrogen) atoms. The molecule has 2 fully saturated rings. The Bertz CT molecular complexity index is 709. The van der Waals surface area contributed by atoms with Crippen molar-refractivity contribution in [2.45, 2.75) is 12.6 Å². The van der Waals surface area contributed by atoms with E-state index in [1.54, 1.807) is 13.1 Å². The smallest absolute Gasteiger partial charge is 0.324 e. The first kappa shape index (κ1) is 17.6. The third kappa shape index (κ3) is 3.59. The molecule has 2 aliphatic heterocycles. The summed E-state index contributed by atoms with van der Waals surface area (Å²) in [5.41, 5.74) is 0.269. The molecule has 1 aromatic rings. The summed E-state index contributed by atoms with van der Waals surface area (Å²) < 4.78 is 13.8. The second-order valence-electron chi connectivity index (χ2n) is 6.19. The highest BCUT2D eigenvalue weighted by molar-refractivity contribution is 6.31. The van der Waals surface area contributed by atoms with Gasteiger partial charge < -0.3 is 9.80 Å². The first-order valence-electron chi connectivity index (χ1n) is 7.87. The van der Waals surface area contributed by atoms with Gasteiger partial charge in [-0.15, -0.1) is 0 Å². The maximum Gasteiger partial charge on any atom is 0.324 e. The monoisotopic (exact) mass is 368 g/mol. The molecule has 0 saturated carbocycles. The third-order valence-corrected chi connectivity index (χ3v) is 4.85. The first-order valence-corrected chi connectivity index (χ1v) is 8.25. The summed E-state index contributed by atoms with van der Waals surface area (Å²) in [7, 11) is 1.58. The van der Waals surface area contributed by atoms with Crippen molar-refractivity contribution in [3.63, 3.8) is 0 Å². The first-order chi connectivity index (χ1) is 11.9. The zero-order valence-corrected chi connectivity index (χ0v) is 14.4. The molecule has 0 bridgehead atoms. The minimum atomic E-state index is -0.555. The topological polar surface area (TPSA) is 73.0 Å². The number of amides is 4. The van der Waals surface area contributed by atoms with Gasteiger partial charge in [-0.1, -0.05) is 17.7 Å². The van der Waals surface area contributed by atoms with Gasteiger partial charge in [0.25, 0.3) is 5.91 Å². The second-order valence-corrected chi connectivity index (χ2v) is 6.60. The summed E-state index contributed by atoms with van der Waals surface area (Å²) in [4.78, 5) is 40.4. The van der Waals surface area contributed by atoms with E-state index in [0.717, 1.165) is 0 Å². The van der Waals surface area contributed by atoms with Crippen molar-refractivity contribution in [3.05, 3.63) is 34.6 Å². The Morgan fingerprint density at radius 3 is 2.88 bits per heavy atom. The largest absolute Gasteiger partial charge is 0.340 e. The highest BCUT2D eigenvalue weighted by atomic mass is 35.5. The normalized spacial score (nSPS) is 20.4. The minimum Gasteiger partial charge on any atom is -0.340 e. The number of benzene rings is 1. The number of imide groups is 1. The zero-order valence-electron chi connectivity index (χ0n) is 13.7. The lowest BCUT2D eigenvalue weighted by molar-refractivity contribution is -0.133. The van der Waals surface area contributed by atoms with Gasteiger partial charge in [-0.05, 0) is 12.1 Å². The fourth-order valence-electron chi connectivity index (χ4n) is 3.03. The van der Waals surface area contributed by atoms with Gasteiger partial charge in [0.05, 0.1) is 6.54 Å². The van der Waals surface area contributed by atoms with E-state index in [2.05, 4.69) is 5.32 Å². The highest BCUT2D eigenvalue weighted by Gasteiger charge is 2.42. The second kappa shape index (κ2) is 6.97. The van der Waals surface area contributed by atoms with Crippen molar-refractivity contribution in [1.29, 1.82) is 0 Å². The minimum absolute atomic E-state index is 0.0622.